The summed E-state index contributed by atoms with van der Waals surface area (Å²) in [6.45, 7) is 6.05. The zero-order valence-electron chi connectivity index (χ0n) is 16.9. The predicted molar refractivity (Wildman–Crippen MR) is 103 cm³/mol. The summed E-state index contributed by atoms with van der Waals surface area (Å²) in [5.41, 5.74) is -0.909. The molecule has 2 aliphatic heterocycles. The van der Waals surface area contributed by atoms with E-state index in [0.29, 0.717) is 25.3 Å². The fourth-order valence-electron chi connectivity index (χ4n) is 3.89. The molecule has 2 aliphatic rings. The number of carbonyl (C=O) groups is 2. The average molecular weight is 394 g/mol. The maximum absolute atomic E-state index is 13.9. The number of alkyl halides is 1. The van der Waals surface area contributed by atoms with Gasteiger partial charge in [0.2, 0.25) is 5.91 Å². The van der Waals surface area contributed by atoms with Crippen LogP contribution >= 0.6 is 0 Å². The minimum absolute atomic E-state index is 0.00926. The summed E-state index contributed by atoms with van der Waals surface area (Å²) in [4.78, 5) is 29.1. The van der Waals surface area contributed by atoms with E-state index in [0.717, 1.165) is 25.9 Å². The van der Waals surface area contributed by atoms with Crippen molar-refractivity contribution in [3.63, 3.8) is 0 Å². The molecule has 3 rings (SSSR count). The molecule has 1 aromatic heterocycles. The summed E-state index contributed by atoms with van der Waals surface area (Å²) < 4.78 is 19.1. The van der Waals surface area contributed by atoms with Crippen LogP contribution in [0.1, 0.15) is 68.1 Å². The van der Waals surface area contributed by atoms with Crippen molar-refractivity contribution in [2.75, 3.05) is 39.4 Å². The first-order valence-electron chi connectivity index (χ1n) is 10.3. The lowest BCUT2D eigenvalue weighted by molar-refractivity contribution is -0.131. The summed E-state index contributed by atoms with van der Waals surface area (Å²) in [6.07, 6.45) is 5.06. The Morgan fingerprint density at radius 2 is 1.96 bits per heavy atom. The fraction of sp³-hybridized carbons (Fsp3) is 0.750. The average Bonchev–Trinajstić information content (AvgIpc) is 3.25. The molecule has 3 heterocycles. The molecule has 2 fully saturated rings. The molecule has 0 aromatic carbocycles. The number of nitrogens with zero attached hydrogens (tertiary/aromatic N) is 3. The van der Waals surface area contributed by atoms with E-state index in [1.54, 1.807) is 11.0 Å². The van der Waals surface area contributed by atoms with E-state index >= 15 is 0 Å². The van der Waals surface area contributed by atoms with Crippen molar-refractivity contribution < 1.29 is 18.5 Å². The second kappa shape index (κ2) is 9.03. The van der Waals surface area contributed by atoms with Crippen LogP contribution in [-0.4, -0.2) is 71.7 Å². The van der Waals surface area contributed by atoms with E-state index in [2.05, 4.69) is 15.4 Å². The molecular formula is C20H31FN4O3. The van der Waals surface area contributed by atoms with Gasteiger partial charge in [-0.3, -0.25) is 14.5 Å². The van der Waals surface area contributed by atoms with Crippen LogP contribution in [0.3, 0.4) is 0 Å². The van der Waals surface area contributed by atoms with Crippen LogP contribution in [0.4, 0.5) is 4.39 Å². The first-order chi connectivity index (χ1) is 13.4. The third-order valence-electron chi connectivity index (χ3n) is 5.73. The zero-order valence-corrected chi connectivity index (χ0v) is 16.9. The van der Waals surface area contributed by atoms with E-state index in [4.69, 9.17) is 4.52 Å². The number of aromatic nitrogens is 1. The molecule has 0 radical (unpaired) electrons. The number of amides is 2. The third kappa shape index (κ3) is 4.90. The molecule has 0 bridgehead atoms. The number of carbonyl (C=O) groups excluding carboxylic acids is 2. The molecular weight excluding hydrogens is 363 g/mol. The van der Waals surface area contributed by atoms with Gasteiger partial charge >= 0.3 is 0 Å². The SMILES string of the molecule is CC(C)c1cc(C(=O)NC2(CF)CCN(C(=O)CN3CCCCCC3)C2)no1. The molecule has 1 N–H and O–H groups in total. The van der Waals surface area contributed by atoms with Gasteiger partial charge in [0.25, 0.3) is 5.91 Å². The first kappa shape index (κ1) is 20.8. The number of hydrogen-bond donors (Lipinski definition) is 1. The Kier molecular flexibility index (Phi) is 6.69. The topological polar surface area (TPSA) is 78.7 Å². The van der Waals surface area contributed by atoms with Crippen LogP contribution in [0.2, 0.25) is 0 Å². The van der Waals surface area contributed by atoms with Crippen molar-refractivity contribution >= 4 is 11.8 Å². The standard InChI is InChI=1S/C20H31FN4O3/c1-15(2)17-11-16(23-28-17)19(27)22-20(13-21)7-10-25(14-20)18(26)12-24-8-5-3-4-6-9-24/h11,15H,3-10,12-14H2,1-2H3,(H,22,27). The molecule has 1 aromatic rings. The molecule has 2 amide bonds. The molecule has 1 unspecified atom stereocenters. The normalized spacial score (nSPS) is 23.8. The van der Waals surface area contributed by atoms with Gasteiger partial charge in [-0.1, -0.05) is 31.8 Å². The Morgan fingerprint density at radius 1 is 1.25 bits per heavy atom. The van der Waals surface area contributed by atoms with Gasteiger partial charge in [0, 0.05) is 25.1 Å². The molecule has 8 heteroatoms. The highest BCUT2D eigenvalue weighted by atomic mass is 19.1. The minimum atomic E-state index is -1.05. The largest absolute Gasteiger partial charge is 0.360 e. The zero-order chi connectivity index (χ0) is 20.1. The van der Waals surface area contributed by atoms with Crippen molar-refractivity contribution in [3.05, 3.63) is 17.5 Å². The van der Waals surface area contributed by atoms with Crippen LogP contribution in [0, 0.1) is 0 Å². The highest BCUT2D eigenvalue weighted by Crippen LogP contribution is 2.24. The number of likely N-dealkylation sites (tertiary alicyclic amines) is 2. The Hall–Kier alpha value is -1.96. The van der Waals surface area contributed by atoms with E-state index in [1.165, 1.54) is 12.8 Å². The summed E-state index contributed by atoms with van der Waals surface area (Å²) in [7, 11) is 0. The Morgan fingerprint density at radius 3 is 2.57 bits per heavy atom. The lowest BCUT2D eigenvalue weighted by Gasteiger charge is -2.28. The fourth-order valence-corrected chi connectivity index (χ4v) is 3.89. The van der Waals surface area contributed by atoms with Gasteiger partial charge in [-0.05, 0) is 32.4 Å². The van der Waals surface area contributed by atoms with Gasteiger partial charge in [0.15, 0.2) is 5.69 Å². The number of nitrogens with one attached hydrogen (secondary N) is 1. The van der Waals surface area contributed by atoms with Gasteiger partial charge in [-0.25, -0.2) is 4.39 Å². The van der Waals surface area contributed by atoms with E-state index in [9.17, 15) is 14.0 Å². The summed E-state index contributed by atoms with van der Waals surface area (Å²) >= 11 is 0. The minimum Gasteiger partial charge on any atom is -0.360 e. The van der Waals surface area contributed by atoms with Crippen molar-refractivity contribution in [3.8, 4) is 0 Å². The molecule has 7 nitrogen and oxygen atoms in total. The second-order valence-corrected chi connectivity index (χ2v) is 8.39. The van der Waals surface area contributed by atoms with Gasteiger partial charge in [-0.2, -0.15) is 0 Å². The monoisotopic (exact) mass is 394 g/mol. The molecule has 0 aliphatic carbocycles. The molecule has 28 heavy (non-hydrogen) atoms. The molecule has 2 saturated heterocycles. The van der Waals surface area contributed by atoms with Gasteiger partial charge in [-0.15, -0.1) is 0 Å². The summed E-state index contributed by atoms with van der Waals surface area (Å²) in [5, 5.41) is 6.55. The van der Waals surface area contributed by atoms with Crippen LogP contribution in [-0.2, 0) is 4.79 Å². The van der Waals surface area contributed by atoms with Crippen LogP contribution in [0.15, 0.2) is 10.6 Å². The number of rotatable bonds is 6. The number of halogens is 1. The predicted octanol–water partition coefficient (Wildman–Crippen LogP) is 2.34. The van der Waals surface area contributed by atoms with Crippen molar-refractivity contribution in [1.29, 1.82) is 0 Å². The summed E-state index contributed by atoms with van der Waals surface area (Å²) in [6, 6.07) is 1.59. The van der Waals surface area contributed by atoms with Crippen molar-refractivity contribution in [2.24, 2.45) is 0 Å². The van der Waals surface area contributed by atoms with Crippen LogP contribution in [0.5, 0.6) is 0 Å². The first-order valence-corrected chi connectivity index (χ1v) is 10.3. The maximum atomic E-state index is 13.9. The van der Waals surface area contributed by atoms with E-state index < -0.39 is 18.1 Å². The molecule has 0 spiro atoms. The highest BCUT2D eigenvalue weighted by Gasteiger charge is 2.42. The van der Waals surface area contributed by atoms with Crippen LogP contribution < -0.4 is 5.32 Å². The van der Waals surface area contributed by atoms with E-state index in [1.807, 2.05) is 13.8 Å². The van der Waals surface area contributed by atoms with Gasteiger partial charge < -0.3 is 14.7 Å². The molecule has 0 saturated carbocycles. The smallest absolute Gasteiger partial charge is 0.274 e. The Balaban J connectivity index is 1.58. The Labute approximate surface area is 165 Å². The molecule has 156 valence electrons. The molecule has 1 atom stereocenters. The van der Waals surface area contributed by atoms with Gasteiger partial charge in [0.05, 0.1) is 12.1 Å². The number of hydrogen-bond acceptors (Lipinski definition) is 5. The van der Waals surface area contributed by atoms with Gasteiger partial charge in [0.1, 0.15) is 12.4 Å². The van der Waals surface area contributed by atoms with Crippen molar-refractivity contribution in [1.82, 2.24) is 20.3 Å². The lowest BCUT2D eigenvalue weighted by atomic mass is 10.00. The quantitative estimate of drug-likeness (QED) is 0.801. The maximum Gasteiger partial charge on any atom is 0.274 e. The Bertz CT molecular complexity index is 685. The van der Waals surface area contributed by atoms with E-state index in [-0.39, 0.29) is 24.1 Å². The lowest BCUT2D eigenvalue weighted by Crippen LogP contribution is -2.53. The van der Waals surface area contributed by atoms with Crippen molar-refractivity contribution in [2.45, 2.75) is 57.4 Å². The summed E-state index contributed by atoms with van der Waals surface area (Å²) in [5.74, 6) is 0.271. The second-order valence-electron chi connectivity index (χ2n) is 8.39. The third-order valence-corrected chi connectivity index (χ3v) is 5.73. The highest BCUT2D eigenvalue weighted by molar-refractivity contribution is 5.93. The van der Waals surface area contributed by atoms with Crippen LogP contribution in [0.25, 0.3) is 0 Å².